The van der Waals surface area contributed by atoms with Gasteiger partial charge in [0.05, 0.1) is 20.8 Å². The summed E-state index contributed by atoms with van der Waals surface area (Å²) in [5.74, 6) is 3.43. The van der Waals surface area contributed by atoms with Crippen LogP contribution in [0.25, 0.3) is 0 Å². The largest absolute Gasteiger partial charge is 0.497 e. The van der Waals surface area contributed by atoms with Crippen molar-refractivity contribution in [2.24, 2.45) is 10.9 Å². The fourth-order valence-corrected chi connectivity index (χ4v) is 2.79. The monoisotopic (exact) mass is 319 g/mol. The summed E-state index contributed by atoms with van der Waals surface area (Å²) in [5.41, 5.74) is 1.06. The Bertz CT molecular complexity index is 523. The highest BCUT2D eigenvalue weighted by atomic mass is 16.5. The van der Waals surface area contributed by atoms with Crippen molar-refractivity contribution in [1.82, 2.24) is 10.2 Å². The number of rotatable bonds is 5. The van der Waals surface area contributed by atoms with E-state index in [-0.39, 0.29) is 0 Å². The van der Waals surface area contributed by atoms with Gasteiger partial charge in [-0.15, -0.1) is 0 Å². The number of methoxy groups -OCH3 is 2. The molecule has 1 heterocycles. The van der Waals surface area contributed by atoms with Crippen LogP contribution < -0.4 is 14.8 Å². The highest BCUT2D eigenvalue weighted by Gasteiger charge is 2.18. The highest BCUT2D eigenvalue weighted by molar-refractivity contribution is 5.80. The fourth-order valence-electron chi connectivity index (χ4n) is 2.79. The zero-order valence-corrected chi connectivity index (χ0v) is 14.8. The van der Waals surface area contributed by atoms with Gasteiger partial charge in [-0.2, -0.15) is 0 Å². The first kappa shape index (κ1) is 17.4. The Morgan fingerprint density at radius 2 is 2.00 bits per heavy atom. The molecule has 2 rings (SSSR count). The molecular formula is C18H29N3O2. The number of ether oxygens (including phenoxy) is 2. The predicted molar refractivity (Wildman–Crippen MR) is 94.3 cm³/mol. The molecule has 0 atom stereocenters. The molecule has 1 aromatic rings. The number of likely N-dealkylation sites (tertiary alicyclic amines) is 1. The van der Waals surface area contributed by atoms with Gasteiger partial charge in [0.1, 0.15) is 11.5 Å². The average molecular weight is 319 g/mol. The topological polar surface area (TPSA) is 46.1 Å². The van der Waals surface area contributed by atoms with E-state index in [0.29, 0.717) is 6.54 Å². The molecular weight excluding hydrogens is 290 g/mol. The first-order chi connectivity index (χ1) is 11.2. The molecule has 23 heavy (non-hydrogen) atoms. The number of nitrogens with zero attached hydrogens (tertiary/aromatic N) is 2. The predicted octanol–water partition coefficient (Wildman–Crippen LogP) is 2.90. The van der Waals surface area contributed by atoms with Gasteiger partial charge in [0.15, 0.2) is 5.96 Å². The molecule has 1 aliphatic heterocycles. The lowest BCUT2D eigenvalue weighted by atomic mass is 10.00. The fraction of sp³-hybridized carbons (Fsp3) is 0.611. The van der Waals surface area contributed by atoms with Crippen LogP contribution in [-0.4, -0.2) is 44.7 Å². The van der Waals surface area contributed by atoms with Crippen molar-refractivity contribution in [2.45, 2.75) is 33.2 Å². The summed E-state index contributed by atoms with van der Waals surface area (Å²) in [6, 6.07) is 5.87. The van der Waals surface area contributed by atoms with E-state index in [4.69, 9.17) is 14.5 Å². The van der Waals surface area contributed by atoms with Gasteiger partial charge in [-0.3, -0.25) is 0 Å². The molecule has 5 heteroatoms. The maximum atomic E-state index is 5.46. The van der Waals surface area contributed by atoms with Crippen LogP contribution in [0.4, 0.5) is 0 Å². The number of aliphatic imine (C=N–C) groups is 1. The quantitative estimate of drug-likeness (QED) is 0.669. The van der Waals surface area contributed by atoms with Crippen molar-refractivity contribution < 1.29 is 9.47 Å². The SMILES string of the molecule is CCNC(=NCc1ccc(OC)cc1OC)N1CCC(C)CC1. The zero-order valence-electron chi connectivity index (χ0n) is 14.8. The van der Waals surface area contributed by atoms with Crippen LogP contribution in [0.1, 0.15) is 32.3 Å². The van der Waals surface area contributed by atoms with Crippen LogP contribution >= 0.6 is 0 Å². The molecule has 0 radical (unpaired) electrons. The Labute approximate surface area is 139 Å². The summed E-state index contributed by atoms with van der Waals surface area (Å²) in [6.07, 6.45) is 2.46. The highest BCUT2D eigenvalue weighted by Crippen LogP contribution is 2.25. The van der Waals surface area contributed by atoms with Crippen molar-refractivity contribution in [3.05, 3.63) is 23.8 Å². The lowest BCUT2D eigenvalue weighted by Gasteiger charge is -2.33. The molecule has 0 aliphatic carbocycles. The molecule has 0 bridgehead atoms. The van der Waals surface area contributed by atoms with E-state index in [1.165, 1.54) is 12.8 Å². The molecule has 0 amide bonds. The van der Waals surface area contributed by atoms with Gasteiger partial charge < -0.3 is 19.7 Å². The molecule has 1 fully saturated rings. The van der Waals surface area contributed by atoms with Crippen molar-refractivity contribution in [3.8, 4) is 11.5 Å². The van der Waals surface area contributed by atoms with Crippen LogP contribution in [0.15, 0.2) is 23.2 Å². The molecule has 1 aromatic carbocycles. The lowest BCUT2D eigenvalue weighted by molar-refractivity contribution is 0.273. The summed E-state index contributed by atoms with van der Waals surface area (Å²) < 4.78 is 10.7. The molecule has 0 spiro atoms. The van der Waals surface area contributed by atoms with Gasteiger partial charge in [0.25, 0.3) is 0 Å². The summed E-state index contributed by atoms with van der Waals surface area (Å²) in [6.45, 7) is 8.06. The van der Waals surface area contributed by atoms with Gasteiger partial charge in [0, 0.05) is 31.3 Å². The van der Waals surface area contributed by atoms with Crippen molar-refractivity contribution in [1.29, 1.82) is 0 Å². The third-order valence-electron chi connectivity index (χ3n) is 4.31. The zero-order chi connectivity index (χ0) is 16.7. The van der Waals surface area contributed by atoms with Gasteiger partial charge in [-0.25, -0.2) is 4.99 Å². The Morgan fingerprint density at radius 1 is 1.26 bits per heavy atom. The third kappa shape index (κ3) is 4.78. The van der Waals surface area contributed by atoms with E-state index in [1.54, 1.807) is 14.2 Å². The van der Waals surface area contributed by atoms with E-state index in [1.807, 2.05) is 18.2 Å². The second-order valence-electron chi connectivity index (χ2n) is 6.02. The summed E-state index contributed by atoms with van der Waals surface area (Å²) in [5, 5.41) is 3.41. The number of guanidine groups is 1. The van der Waals surface area contributed by atoms with E-state index in [2.05, 4.69) is 24.1 Å². The summed E-state index contributed by atoms with van der Waals surface area (Å²) >= 11 is 0. The van der Waals surface area contributed by atoms with E-state index < -0.39 is 0 Å². The van der Waals surface area contributed by atoms with E-state index >= 15 is 0 Å². The normalized spacial score (nSPS) is 16.3. The second-order valence-corrected chi connectivity index (χ2v) is 6.02. The molecule has 1 N–H and O–H groups in total. The van der Waals surface area contributed by atoms with Crippen molar-refractivity contribution >= 4 is 5.96 Å². The van der Waals surface area contributed by atoms with Crippen LogP contribution in [-0.2, 0) is 6.54 Å². The number of hydrogen-bond donors (Lipinski definition) is 1. The van der Waals surface area contributed by atoms with E-state index in [0.717, 1.165) is 48.6 Å². The smallest absolute Gasteiger partial charge is 0.194 e. The number of nitrogens with one attached hydrogen (secondary N) is 1. The van der Waals surface area contributed by atoms with Gasteiger partial charge in [-0.05, 0) is 37.8 Å². The molecule has 1 aliphatic rings. The molecule has 1 saturated heterocycles. The lowest BCUT2D eigenvalue weighted by Crippen LogP contribution is -2.45. The Hall–Kier alpha value is -1.91. The maximum absolute atomic E-state index is 5.46. The minimum atomic E-state index is 0.599. The van der Waals surface area contributed by atoms with Gasteiger partial charge in [-0.1, -0.05) is 6.92 Å². The second kappa shape index (κ2) is 8.65. The average Bonchev–Trinajstić information content (AvgIpc) is 2.59. The van der Waals surface area contributed by atoms with Crippen molar-refractivity contribution in [2.75, 3.05) is 33.9 Å². The van der Waals surface area contributed by atoms with E-state index in [9.17, 15) is 0 Å². The third-order valence-corrected chi connectivity index (χ3v) is 4.31. The Kier molecular flexibility index (Phi) is 6.56. The van der Waals surface area contributed by atoms with Crippen LogP contribution in [0.5, 0.6) is 11.5 Å². The van der Waals surface area contributed by atoms with Gasteiger partial charge in [0.2, 0.25) is 0 Å². The number of piperidine rings is 1. The Balaban J connectivity index is 2.11. The minimum Gasteiger partial charge on any atom is -0.497 e. The standard InChI is InChI=1S/C18H29N3O2/c1-5-19-18(21-10-8-14(2)9-11-21)20-13-15-6-7-16(22-3)12-17(15)23-4/h6-7,12,14H,5,8-11,13H2,1-4H3,(H,19,20). The van der Waals surface area contributed by atoms with Crippen LogP contribution in [0.2, 0.25) is 0 Å². The molecule has 0 saturated carbocycles. The molecule has 0 unspecified atom stereocenters. The van der Waals surface area contributed by atoms with Crippen molar-refractivity contribution in [3.63, 3.8) is 0 Å². The summed E-state index contributed by atoms with van der Waals surface area (Å²) in [7, 11) is 3.34. The van der Waals surface area contributed by atoms with Crippen LogP contribution in [0, 0.1) is 5.92 Å². The Morgan fingerprint density at radius 3 is 2.61 bits per heavy atom. The summed E-state index contributed by atoms with van der Waals surface area (Å²) in [4.78, 5) is 7.17. The first-order valence-corrected chi connectivity index (χ1v) is 8.42. The molecule has 0 aromatic heterocycles. The number of benzene rings is 1. The molecule has 128 valence electrons. The minimum absolute atomic E-state index is 0.599. The first-order valence-electron chi connectivity index (χ1n) is 8.42. The number of hydrogen-bond acceptors (Lipinski definition) is 3. The van der Waals surface area contributed by atoms with Gasteiger partial charge >= 0.3 is 0 Å². The maximum Gasteiger partial charge on any atom is 0.194 e. The molecule has 5 nitrogen and oxygen atoms in total. The van der Waals surface area contributed by atoms with Crippen LogP contribution in [0.3, 0.4) is 0 Å².